The molecule has 2 atom stereocenters. The minimum Gasteiger partial charge on any atom is -0.302 e. The van der Waals surface area contributed by atoms with Crippen LogP contribution in [-0.2, 0) is 11.3 Å². The molecule has 4 rings (SSSR count). The molecule has 0 spiro atoms. The van der Waals surface area contributed by atoms with Crippen LogP contribution in [0.5, 0.6) is 0 Å². The summed E-state index contributed by atoms with van der Waals surface area (Å²) >= 11 is 1.49. The van der Waals surface area contributed by atoms with Crippen LogP contribution in [0.4, 0.5) is 9.52 Å². The van der Waals surface area contributed by atoms with Gasteiger partial charge in [-0.25, -0.2) is 9.37 Å². The van der Waals surface area contributed by atoms with Crippen molar-refractivity contribution in [2.24, 2.45) is 11.8 Å². The third-order valence-electron chi connectivity index (χ3n) is 5.47. The van der Waals surface area contributed by atoms with Crippen molar-refractivity contribution >= 4 is 22.4 Å². The van der Waals surface area contributed by atoms with E-state index in [1.54, 1.807) is 12.1 Å². The first-order valence-corrected chi connectivity index (χ1v) is 10.2. The maximum absolute atomic E-state index is 13.0. The van der Waals surface area contributed by atoms with Crippen LogP contribution in [0, 0.1) is 17.7 Å². The molecule has 6 heteroatoms. The first kappa shape index (κ1) is 17.6. The molecule has 138 valence electrons. The van der Waals surface area contributed by atoms with Crippen molar-refractivity contribution < 1.29 is 9.18 Å². The molecule has 1 saturated carbocycles. The van der Waals surface area contributed by atoms with Gasteiger partial charge in [-0.1, -0.05) is 19.1 Å². The second-order valence-corrected chi connectivity index (χ2v) is 8.45. The molecule has 2 aromatic rings. The molecule has 4 nitrogen and oxygen atoms in total. The Morgan fingerprint density at radius 2 is 2.04 bits per heavy atom. The van der Waals surface area contributed by atoms with E-state index >= 15 is 0 Å². The highest BCUT2D eigenvalue weighted by atomic mass is 32.1. The Bertz CT molecular complexity index is 768. The molecular weight excluding hydrogens is 349 g/mol. The number of benzene rings is 1. The summed E-state index contributed by atoms with van der Waals surface area (Å²) in [6.45, 7) is 5.43. The number of rotatable bonds is 5. The van der Waals surface area contributed by atoms with Gasteiger partial charge in [-0.2, -0.15) is 0 Å². The number of piperidine rings is 1. The van der Waals surface area contributed by atoms with E-state index in [0.717, 1.165) is 43.2 Å². The molecule has 0 radical (unpaired) electrons. The Balaban J connectivity index is 1.29. The quantitative estimate of drug-likeness (QED) is 0.852. The molecular formula is C20H24FN3OS. The summed E-state index contributed by atoms with van der Waals surface area (Å²) in [6.07, 6.45) is 3.32. The highest BCUT2D eigenvalue weighted by Crippen LogP contribution is 2.48. The number of hydrogen-bond acceptors (Lipinski definition) is 4. The molecule has 2 unspecified atom stereocenters. The van der Waals surface area contributed by atoms with Gasteiger partial charge in [0.2, 0.25) is 5.91 Å². The standard InChI is InChI=1S/C20H24FN3OS/c1-13-6-8-24(9-7-13)11-16-12-26-20(22-16)23-19(25)18-10-17(18)14-2-4-15(21)5-3-14/h2-5,12-13,17-18H,6-11H2,1H3,(H,22,23,25). The topological polar surface area (TPSA) is 45.2 Å². The number of hydrogen-bond donors (Lipinski definition) is 1. The van der Waals surface area contributed by atoms with Crippen LogP contribution in [0.1, 0.15) is 43.4 Å². The first-order valence-electron chi connectivity index (χ1n) is 9.31. The largest absolute Gasteiger partial charge is 0.302 e. The number of amides is 1. The Kier molecular flexibility index (Phi) is 5.05. The number of thiazole rings is 1. The fourth-order valence-electron chi connectivity index (χ4n) is 3.65. The Morgan fingerprint density at radius 3 is 2.77 bits per heavy atom. The van der Waals surface area contributed by atoms with E-state index in [1.807, 2.05) is 5.38 Å². The molecule has 1 aliphatic carbocycles. The lowest BCUT2D eigenvalue weighted by molar-refractivity contribution is -0.117. The number of nitrogens with zero attached hydrogens (tertiary/aromatic N) is 2. The van der Waals surface area contributed by atoms with Crippen LogP contribution in [0.2, 0.25) is 0 Å². The maximum atomic E-state index is 13.0. The van der Waals surface area contributed by atoms with Gasteiger partial charge in [0.15, 0.2) is 5.13 Å². The molecule has 1 aromatic carbocycles. The highest BCUT2D eigenvalue weighted by molar-refractivity contribution is 7.13. The zero-order valence-electron chi connectivity index (χ0n) is 15.0. The summed E-state index contributed by atoms with van der Waals surface area (Å²) in [5, 5.41) is 5.68. The van der Waals surface area contributed by atoms with Crippen LogP contribution in [0.3, 0.4) is 0 Å². The van der Waals surface area contributed by atoms with Crippen LogP contribution >= 0.6 is 11.3 Å². The van der Waals surface area contributed by atoms with Crippen molar-refractivity contribution in [2.75, 3.05) is 18.4 Å². The molecule has 26 heavy (non-hydrogen) atoms. The second kappa shape index (κ2) is 7.45. The fourth-order valence-corrected chi connectivity index (χ4v) is 4.35. The van der Waals surface area contributed by atoms with E-state index in [0.29, 0.717) is 5.13 Å². The van der Waals surface area contributed by atoms with Crippen molar-refractivity contribution in [2.45, 2.75) is 38.6 Å². The first-order chi connectivity index (χ1) is 12.6. The molecule has 1 N–H and O–H groups in total. The number of aromatic nitrogens is 1. The minimum absolute atomic E-state index is 0.0204. The Morgan fingerprint density at radius 1 is 1.31 bits per heavy atom. The molecule has 1 amide bonds. The van der Waals surface area contributed by atoms with Gasteiger partial charge in [-0.3, -0.25) is 9.69 Å². The van der Waals surface area contributed by atoms with Crippen molar-refractivity contribution in [3.05, 3.63) is 46.7 Å². The molecule has 2 fully saturated rings. The van der Waals surface area contributed by atoms with Gasteiger partial charge in [0.05, 0.1) is 5.69 Å². The lowest BCUT2D eigenvalue weighted by atomic mass is 9.99. The van der Waals surface area contributed by atoms with Crippen molar-refractivity contribution in [1.29, 1.82) is 0 Å². The Hall–Kier alpha value is -1.79. The predicted molar refractivity (Wildman–Crippen MR) is 102 cm³/mol. The Labute approximate surface area is 157 Å². The molecule has 1 aliphatic heterocycles. The molecule has 1 aromatic heterocycles. The number of nitrogens with one attached hydrogen (secondary N) is 1. The van der Waals surface area contributed by atoms with E-state index in [-0.39, 0.29) is 23.6 Å². The lowest BCUT2D eigenvalue weighted by Gasteiger charge is -2.29. The summed E-state index contributed by atoms with van der Waals surface area (Å²) in [7, 11) is 0. The third-order valence-corrected chi connectivity index (χ3v) is 6.28. The summed E-state index contributed by atoms with van der Waals surface area (Å²) in [6, 6.07) is 6.45. The average Bonchev–Trinajstić information content (AvgIpc) is 3.32. The van der Waals surface area contributed by atoms with Gasteiger partial charge in [0, 0.05) is 17.8 Å². The van der Waals surface area contributed by atoms with Crippen molar-refractivity contribution in [1.82, 2.24) is 9.88 Å². The van der Waals surface area contributed by atoms with E-state index in [1.165, 1.54) is 36.3 Å². The second-order valence-electron chi connectivity index (χ2n) is 7.59. The van der Waals surface area contributed by atoms with Gasteiger partial charge >= 0.3 is 0 Å². The summed E-state index contributed by atoms with van der Waals surface area (Å²) in [5.74, 6) is 0.770. The molecule has 1 saturated heterocycles. The third kappa shape index (κ3) is 4.13. The number of anilines is 1. The zero-order chi connectivity index (χ0) is 18.1. The van der Waals surface area contributed by atoms with Crippen LogP contribution in [0.25, 0.3) is 0 Å². The predicted octanol–water partition coefficient (Wildman–Crippen LogP) is 4.26. The van der Waals surface area contributed by atoms with E-state index < -0.39 is 0 Å². The lowest BCUT2D eigenvalue weighted by Crippen LogP contribution is -2.32. The van der Waals surface area contributed by atoms with Crippen LogP contribution in [-0.4, -0.2) is 28.9 Å². The van der Waals surface area contributed by atoms with Gasteiger partial charge < -0.3 is 5.32 Å². The normalized spacial score (nSPS) is 23.8. The van der Waals surface area contributed by atoms with Crippen LogP contribution < -0.4 is 5.32 Å². The monoisotopic (exact) mass is 373 g/mol. The highest BCUT2D eigenvalue weighted by Gasteiger charge is 2.44. The molecule has 2 heterocycles. The van der Waals surface area contributed by atoms with Gasteiger partial charge in [-0.15, -0.1) is 11.3 Å². The average molecular weight is 373 g/mol. The summed E-state index contributed by atoms with van der Waals surface area (Å²) in [5.41, 5.74) is 2.07. The number of carbonyl (C=O) groups excluding carboxylic acids is 1. The summed E-state index contributed by atoms with van der Waals surface area (Å²) < 4.78 is 13.0. The minimum atomic E-state index is -0.242. The van der Waals surface area contributed by atoms with E-state index in [2.05, 4.69) is 22.1 Å². The number of likely N-dealkylation sites (tertiary alicyclic amines) is 1. The van der Waals surface area contributed by atoms with Gasteiger partial charge in [0.1, 0.15) is 5.82 Å². The van der Waals surface area contributed by atoms with Crippen molar-refractivity contribution in [3.8, 4) is 0 Å². The SMILES string of the molecule is CC1CCN(Cc2csc(NC(=O)C3CC3c3ccc(F)cc3)n2)CC1. The van der Waals surface area contributed by atoms with E-state index in [4.69, 9.17) is 0 Å². The van der Waals surface area contributed by atoms with Crippen molar-refractivity contribution in [3.63, 3.8) is 0 Å². The van der Waals surface area contributed by atoms with Gasteiger partial charge in [0.25, 0.3) is 0 Å². The number of halogens is 1. The molecule has 0 bridgehead atoms. The molecule has 2 aliphatic rings. The van der Waals surface area contributed by atoms with E-state index in [9.17, 15) is 9.18 Å². The smallest absolute Gasteiger partial charge is 0.229 e. The summed E-state index contributed by atoms with van der Waals surface area (Å²) in [4.78, 5) is 19.4. The fraction of sp³-hybridized carbons (Fsp3) is 0.500. The maximum Gasteiger partial charge on any atom is 0.229 e. The van der Waals surface area contributed by atoms with Crippen LogP contribution in [0.15, 0.2) is 29.6 Å². The number of carbonyl (C=O) groups is 1. The zero-order valence-corrected chi connectivity index (χ0v) is 15.8. The van der Waals surface area contributed by atoms with Gasteiger partial charge in [-0.05, 0) is 61.9 Å².